The molecule has 1 aliphatic heterocycles. The summed E-state index contributed by atoms with van der Waals surface area (Å²) in [7, 11) is 0. The molecule has 98 valence electrons. The van der Waals surface area contributed by atoms with Crippen LogP contribution in [0.1, 0.15) is 38.7 Å². The van der Waals surface area contributed by atoms with Crippen LogP contribution in [0.4, 0.5) is 0 Å². The standard InChI is InChI=1S/C15H20O3/c1-3-5-11-17-14(16)13-15(4-2,18-13)12-9-7-6-8-10-12/h6-10,13H,3-5,11H2,1-2H3. The number of carbonyl (C=O) groups is 1. The molecule has 1 aromatic rings. The molecule has 1 aliphatic rings. The van der Waals surface area contributed by atoms with Gasteiger partial charge in [0, 0.05) is 0 Å². The van der Waals surface area contributed by atoms with Gasteiger partial charge in [0.1, 0.15) is 5.60 Å². The van der Waals surface area contributed by atoms with Crippen molar-refractivity contribution >= 4 is 5.97 Å². The maximum atomic E-state index is 11.9. The van der Waals surface area contributed by atoms with Gasteiger partial charge in [0.05, 0.1) is 6.61 Å². The van der Waals surface area contributed by atoms with Crippen LogP contribution in [-0.4, -0.2) is 18.7 Å². The lowest BCUT2D eigenvalue weighted by Gasteiger charge is -2.10. The van der Waals surface area contributed by atoms with E-state index in [1.807, 2.05) is 37.3 Å². The second-order valence-electron chi connectivity index (χ2n) is 4.63. The second kappa shape index (κ2) is 5.53. The van der Waals surface area contributed by atoms with Gasteiger partial charge in [-0.1, -0.05) is 50.6 Å². The van der Waals surface area contributed by atoms with Gasteiger partial charge in [-0.15, -0.1) is 0 Å². The Morgan fingerprint density at radius 3 is 2.67 bits per heavy atom. The molecule has 0 amide bonds. The maximum Gasteiger partial charge on any atom is 0.338 e. The smallest absolute Gasteiger partial charge is 0.338 e. The van der Waals surface area contributed by atoms with Gasteiger partial charge in [-0.3, -0.25) is 0 Å². The molecule has 1 fully saturated rings. The van der Waals surface area contributed by atoms with Crippen molar-refractivity contribution in [3.63, 3.8) is 0 Å². The van der Waals surface area contributed by atoms with Crippen LogP contribution in [-0.2, 0) is 19.9 Å². The van der Waals surface area contributed by atoms with Gasteiger partial charge in [-0.25, -0.2) is 4.79 Å². The number of hydrogen-bond donors (Lipinski definition) is 0. The van der Waals surface area contributed by atoms with Gasteiger partial charge in [0.15, 0.2) is 6.10 Å². The Hall–Kier alpha value is -1.35. The number of esters is 1. The van der Waals surface area contributed by atoms with Crippen LogP contribution >= 0.6 is 0 Å². The van der Waals surface area contributed by atoms with Crippen molar-refractivity contribution in [3.8, 4) is 0 Å². The molecule has 0 spiro atoms. The molecule has 0 saturated carbocycles. The van der Waals surface area contributed by atoms with Crippen molar-refractivity contribution in [2.75, 3.05) is 6.61 Å². The lowest BCUT2D eigenvalue weighted by molar-refractivity contribution is -0.145. The number of carbonyl (C=O) groups excluding carboxylic acids is 1. The van der Waals surface area contributed by atoms with E-state index in [9.17, 15) is 4.79 Å². The summed E-state index contributed by atoms with van der Waals surface area (Å²) in [5.41, 5.74) is 0.606. The monoisotopic (exact) mass is 248 g/mol. The van der Waals surface area contributed by atoms with Crippen LogP contribution in [0, 0.1) is 0 Å². The molecule has 18 heavy (non-hydrogen) atoms. The van der Waals surface area contributed by atoms with E-state index in [2.05, 4.69) is 6.92 Å². The molecule has 0 aliphatic carbocycles. The maximum absolute atomic E-state index is 11.9. The molecule has 1 saturated heterocycles. The fourth-order valence-corrected chi connectivity index (χ4v) is 2.22. The highest BCUT2D eigenvalue weighted by atomic mass is 16.7. The van der Waals surface area contributed by atoms with Gasteiger partial charge in [0.2, 0.25) is 0 Å². The van der Waals surface area contributed by atoms with Gasteiger partial charge >= 0.3 is 5.97 Å². The number of ether oxygens (including phenoxy) is 2. The van der Waals surface area contributed by atoms with Crippen LogP contribution in [0.3, 0.4) is 0 Å². The molecular weight excluding hydrogens is 228 g/mol. The van der Waals surface area contributed by atoms with Gasteiger partial charge in [-0.05, 0) is 18.4 Å². The van der Waals surface area contributed by atoms with Gasteiger partial charge < -0.3 is 9.47 Å². The predicted molar refractivity (Wildman–Crippen MR) is 69.2 cm³/mol. The van der Waals surface area contributed by atoms with Crippen LogP contribution in [0.2, 0.25) is 0 Å². The summed E-state index contributed by atoms with van der Waals surface area (Å²) in [6.45, 7) is 4.60. The highest BCUT2D eigenvalue weighted by Crippen LogP contribution is 2.49. The lowest BCUT2D eigenvalue weighted by atomic mass is 9.93. The summed E-state index contributed by atoms with van der Waals surface area (Å²) in [5.74, 6) is -0.228. The molecule has 3 nitrogen and oxygen atoms in total. The quantitative estimate of drug-likeness (QED) is 0.441. The molecule has 0 aromatic heterocycles. The number of epoxide rings is 1. The molecule has 2 rings (SSSR count). The summed E-state index contributed by atoms with van der Waals surface area (Å²) in [6.07, 6.45) is 2.28. The second-order valence-corrected chi connectivity index (χ2v) is 4.63. The van der Waals surface area contributed by atoms with E-state index in [1.54, 1.807) is 0 Å². The first-order valence-electron chi connectivity index (χ1n) is 6.64. The van der Waals surface area contributed by atoms with E-state index in [0.29, 0.717) is 6.61 Å². The first-order chi connectivity index (χ1) is 8.74. The summed E-state index contributed by atoms with van der Waals surface area (Å²) in [6, 6.07) is 9.90. The molecule has 0 N–H and O–H groups in total. The summed E-state index contributed by atoms with van der Waals surface area (Å²) in [4.78, 5) is 11.9. The minimum absolute atomic E-state index is 0.228. The van der Waals surface area contributed by atoms with Crippen LogP contribution in [0.15, 0.2) is 30.3 Å². The minimum atomic E-state index is -0.454. The van der Waals surface area contributed by atoms with Gasteiger partial charge in [0.25, 0.3) is 0 Å². The first-order valence-corrected chi connectivity index (χ1v) is 6.64. The van der Waals surface area contributed by atoms with Crippen molar-refractivity contribution in [1.29, 1.82) is 0 Å². The fourth-order valence-electron chi connectivity index (χ4n) is 2.22. The molecular formula is C15H20O3. The highest BCUT2D eigenvalue weighted by Gasteiger charge is 2.61. The summed E-state index contributed by atoms with van der Waals surface area (Å²) in [5, 5.41) is 0. The zero-order chi connectivity index (χ0) is 13.0. The zero-order valence-electron chi connectivity index (χ0n) is 11.0. The first kappa shape index (κ1) is 13.1. The van der Waals surface area contributed by atoms with Crippen molar-refractivity contribution < 1.29 is 14.3 Å². The third-order valence-corrected chi connectivity index (χ3v) is 3.44. The van der Waals surface area contributed by atoms with Crippen LogP contribution < -0.4 is 0 Å². The van der Waals surface area contributed by atoms with E-state index in [0.717, 1.165) is 24.8 Å². The van der Waals surface area contributed by atoms with E-state index in [1.165, 1.54) is 0 Å². The Kier molecular flexibility index (Phi) is 4.02. The van der Waals surface area contributed by atoms with Crippen molar-refractivity contribution in [2.24, 2.45) is 0 Å². The highest BCUT2D eigenvalue weighted by molar-refractivity contribution is 5.80. The number of rotatable bonds is 6. The molecule has 3 heteroatoms. The molecule has 2 unspecified atom stereocenters. The van der Waals surface area contributed by atoms with Gasteiger partial charge in [-0.2, -0.15) is 0 Å². The molecule has 0 radical (unpaired) electrons. The number of benzene rings is 1. The lowest BCUT2D eigenvalue weighted by Crippen LogP contribution is -2.21. The molecule has 1 aromatic carbocycles. The third kappa shape index (κ3) is 2.41. The van der Waals surface area contributed by atoms with E-state index in [4.69, 9.17) is 9.47 Å². The Balaban J connectivity index is 1.99. The van der Waals surface area contributed by atoms with Crippen LogP contribution in [0.25, 0.3) is 0 Å². The predicted octanol–water partition coefficient (Wildman–Crippen LogP) is 3.03. The summed E-state index contributed by atoms with van der Waals surface area (Å²) < 4.78 is 10.9. The average molecular weight is 248 g/mol. The zero-order valence-corrected chi connectivity index (χ0v) is 11.0. The number of hydrogen-bond acceptors (Lipinski definition) is 3. The largest absolute Gasteiger partial charge is 0.464 e. The van der Waals surface area contributed by atoms with Crippen molar-refractivity contribution in [3.05, 3.63) is 35.9 Å². The van der Waals surface area contributed by atoms with Crippen LogP contribution in [0.5, 0.6) is 0 Å². The molecule has 2 atom stereocenters. The third-order valence-electron chi connectivity index (χ3n) is 3.44. The topological polar surface area (TPSA) is 38.8 Å². The Bertz CT molecular complexity index is 401. The van der Waals surface area contributed by atoms with Crippen molar-refractivity contribution in [1.82, 2.24) is 0 Å². The molecule has 0 bridgehead atoms. The summed E-state index contributed by atoms with van der Waals surface area (Å²) >= 11 is 0. The fraction of sp³-hybridized carbons (Fsp3) is 0.533. The minimum Gasteiger partial charge on any atom is -0.464 e. The number of unbranched alkanes of at least 4 members (excludes halogenated alkanes) is 1. The average Bonchev–Trinajstić information content (AvgIpc) is 3.16. The van der Waals surface area contributed by atoms with Crippen molar-refractivity contribution in [2.45, 2.75) is 44.8 Å². The van der Waals surface area contributed by atoms with E-state index in [-0.39, 0.29) is 5.97 Å². The SMILES string of the molecule is CCCCOC(=O)C1OC1(CC)c1ccccc1. The molecule has 1 heterocycles. The Labute approximate surface area is 108 Å². The normalized spacial score (nSPS) is 25.8. The Morgan fingerprint density at radius 2 is 2.06 bits per heavy atom. The Morgan fingerprint density at radius 1 is 1.33 bits per heavy atom. The van der Waals surface area contributed by atoms with E-state index >= 15 is 0 Å². The van der Waals surface area contributed by atoms with E-state index < -0.39 is 11.7 Å².